The molecule has 33 heavy (non-hydrogen) atoms. The third kappa shape index (κ3) is 4.42. The molecule has 2 aromatic heterocycles. The molecule has 0 aliphatic rings. The maximum Gasteiger partial charge on any atom is 0.137 e. The zero-order chi connectivity index (χ0) is 22.8. The van der Waals surface area contributed by atoms with Gasteiger partial charge in [-0.3, -0.25) is 0 Å². The van der Waals surface area contributed by atoms with Gasteiger partial charge in [0.15, 0.2) is 0 Å². The summed E-state index contributed by atoms with van der Waals surface area (Å²) >= 11 is 7.87. The van der Waals surface area contributed by atoms with Crippen molar-refractivity contribution >= 4 is 45.5 Å². The second-order valence-electron chi connectivity index (χ2n) is 7.72. The number of rotatable bonds is 4. The van der Waals surface area contributed by atoms with Crippen molar-refractivity contribution in [3.05, 3.63) is 106 Å². The Morgan fingerprint density at radius 3 is 2.39 bits per heavy atom. The molecule has 0 aliphatic heterocycles. The number of nitrogens with zero attached hydrogens (tertiary/aromatic N) is 3. The fourth-order valence-corrected chi connectivity index (χ4v) is 4.66. The van der Waals surface area contributed by atoms with E-state index in [-0.39, 0.29) is 0 Å². The molecule has 0 bridgehead atoms. The van der Waals surface area contributed by atoms with E-state index in [9.17, 15) is 5.26 Å². The first kappa shape index (κ1) is 21.1. The van der Waals surface area contributed by atoms with Gasteiger partial charge in [0.1, 0.15) is 16.2 Å². The van der Waals surface area contributed by atoms with E-state index < -0.39 is 0 Å². The predicted molar refractivity (Wildman–Crippen MR) is 138 cm³/mol. The fraction of sp³-hybridized carbons (Fsp3) is 0.0357. The largest absolute Gasteiger partial charge is 0.235 e. The predicted octanol–water partition coefficient (Wildman–Crippen LogP) is 8.05. The Morgan fingerprint density at radius 2 is 1.64 bits per heavy atom. The summed E-state index contributed by atoms with van der Waals surface area (Å²) in [5.41, 5.74) is 7.31. The molecule has 0 N–H and O–H groups in total. The van der Waals surface area contributed by atoms with E-state index in [1.165, 1.54) is 16.9 Å². The molecule has 0 aliphatic carbocycles. The molecule has 2 heterocycles. The number of benzene rings is 3. The maximum atomic E-state index is 9.81. The van der Waals surface area contributed by atoms with Crippen LogP contribution in [-0.4, -0.2) is 9.97 Å². The van der Waals surface area contributed by atoms with E-state index in [2.05, 4.69) is 47.5 Å². The molecule has 0 atom stereocenters. The Morgan fingerprint density at radius 1 is 0.909 bits per heavy atom. The highest BCUT2D eigenvalue weighted by atomic mass is 35.5. The first-order valence-electron chi connectivity index (χ1n) is 10.4. The standard InChI is InChI=1S/C28H18ClN3S/c1-18-7-8-22-14-23(27(29)31-25(22)13-18)15-24(16-30)28-32-26(17-33-28)21-11-9-20(10-12-21)19-5-3-2-4-6-19/h2-15,17H,1H3/b24-15+. The summed E-state index contributed by atoms with van der Waals surface area (Å²) in [4.78, 5) is 9.22. The first-order valence-corrected chi connectivity index (χ1v) is 11.7. The molecule has 5 aromatic rings. The molecule has 5 heteroatoms. The second kappa shape index (κ2) is 8.99. The molecule has 0 saturated carbocycles. The molecule has 158 valence electrons. The highest BCUT2D eigenvalue weighted by Crippen LogP contribution is 2.30. The Balaban J connectivity index is 1.45. The minimum atomic E-state index is 0.370. The molecule has 0 spiro atoms. The Bertz CT molecular complexity index is 1530. The summed E-state index contributed by atoms with van der Waals surface area (Å²) in [6.07, 6.45) is 1.76. The van der Waals surface area contributed by atoms with Gasteiger partial charge in [-0.15, -0.1) is 11.3 Å². The van der Waals surface area contributed by atoms with Crippen LogP contribution >= 0.6 is 22.9 Å². The van der Waals surface area contributed by atoms with Gasteiger partial charge in [-0.05, 0) is 41.8 Å². The van der Waals surface area contributed by atoms with Crippen molar-refractivity contribution in [2.45, 2.75) is 6.92 Å². The van der Waals surface area contributed by atoms with Crippen LogP contribution in [0.5, 0.6) is 0 Å². The Hall–Kier alpha value is -3.78. The Labute approximate surface area is 201 Å². The summed E-state index contributed by atoms with van der Waals surface area (Å²) in [5, 5.41) is 13.8. The van der Waals surface area contributed by atoms with Gasteiger partial charge in [-0.1, -0.05) is 78.3 Å². The molecule has 5 rings (SSSR count). The maximum absolute atomic E-state index is 9.81. The summed E-state index contributed by atoms with van der Waals surface area (Å²) < 4.78 is 0. The molecule has 3 aromatic carbocycles. The van der Waals surface area contributed by atoms with Crippen LogP contribution in [-0.2, 0) is 0 Å². The number of allylic oxidation sites excluding steroid dienone is 1. The summed E-state index contributed by atoms with van der Waals surface area (Å²) in [7, 11) is 0. The van der Waals surface area contributed by atoms with Crippen molar-refractivity contribution in [1.82, 2.24) is 9.97 Å². The summed E-state index contributed by atoms with van der Waals surface area (Å²) in [6.45, 7) is 2.02. The van der Waals surface area contributed by atoms with Crippen molar-refractivity contribution in [1.29, 1.82) is 5.26 Å². The minimum Gasteiger partial charge on any atom is -0.235 e. The second-order valence-corrected chi connectivity index (χ2v) is 8.93. The minimum absolute atomic E-state index is 0.370. The van der Waals surface area contributed by atoms with Gasteiger partial charge in [0.2, 0.25) is 0 Å². The molecule has 0 radical (unpaired) electrons. The smallest absolute Gasteiger partial charge is 0.137 e. The molecular formula is C28H18ClN3S. The number of aromatic nitrogens is 2. The number of fused-ring (bicyclic) bond motifs is 1. The van der Waals surface area contributed by atoms with Crippen LogP contribution in [0.25, 0.3) is 44.9 Å². The zero-order valence-corrected chi connectivity index (χ0v) is 19.4. The summed E-state index contributed by atoms with van der Waals surface area (Å²) in [6, 6.07) is 28.8. The number of halogens is 1. The van der Waals surface area contributed by atoms with E-state index in [0.717, 1.165) is 33.3 Å². The van der Waals surface area contributed by atoms with E-state index >= 15 is 0 Å². The summed E-state index contributed by atoms with van der Waals surface area (Å²) in [5.74, 6) is 0. The molecule has 0 amide bonds. The van der Waals surface area contributed by atoms with Gasteiger partial charge in [0.25, 0.3) is 0 Å². The van der Waals surface area contributed by atoms with Crippen LogP contribution in [0.3, 0.4) is 0 Å². The van der Waals surface area contributed by atoms with Gasteiger partial charge >= 0.3 is 0 Å². The lowest BCUT2D eigenvalue weighted by Crippen LogP contribution is -1.88. The number of thiazole rings is 1. The van der Waals surface area contributed by atoms with Crippen LogP contribution in [0.15, 0.2) is 84.2 Å². The molecule has 0 saturated heterocycles. The average molecular weight is 464 g/mol. The lowest BCUT2D eigenvalue weighted by atomic mass is 10.0. The third-order valence-corrected chi connectivity index (χ3v) is 6.57. The number of nitriles is 1. The van der Waals surface area contributed by atoms with Crippen LogP contribution in [0, 0.1) is 18.3 Å². The molecule has 3 nitrogen and oxygen atoms in total. The van der Waals surface area contributed by atoms with Crippen LogP contribution in [0.2, 0.25) is 5.15 Å². The normalized spacial score (nSPS) is 11.5. The third-order valence-electron chi connectivity index (χ3n) is 5.40. The van der Waals surface area contributed by atoms with Crippen molar-refractivity contribution < 1.29 is 0 Å². The van der Waals surface area contributed by atoms with Gasteiger partial charge in [0, 0.05) is 21.9 Å². The van der Waals surface area contributed by atoms with Crippen molar-refractivity contribution in [3.63, 3.8) is 0 Å². The first-order chi connectivity index (χ1) is 16.1. The number of hydrogen-bond acceptors (Lipinski definition) is 4. The topological polar surface area (TPSA) is 49.6 Å². The number of hydrogen-bond donors (Lipinski definition) is 0. The van der Waals surface area contributed by atoms with Crippen molar-refractivity contribution in [3.8, 4) is 28.5 Å². The van der Waals surface area contributed by atoms with Gasteiger partial charge in [0.05, 0.1) is 16.8 Å². The molecular weight excluding hydrogens is 446 g/mol. The molecule has 0 unspecified atom stereocenters. The van der Waals surface area contributed by atoms with Crippen LogP contribution in [0.1, 0.15) is 16.1 Å². The van der Waals surface area contributed by atoms with E-state index in [0.29, 0.717) is 21.3 Å². The lowest BCUT2D eigenvalue weighted by molar-refractivity contribution is 1.36. The highest BCUT2D eigenvalue weighted by Gasteiger charge is 2.12. The van der Waals surface area contributed by atoms with Crippen LogP contribution in [0.4, 0.5) is 0 Å². The fourth-order valence-electron chi connectivity index (χ4n) is 3.66. The SMILES string of the molecule is Cc1ccc2cc(/C=C(\C#N)c3nc(-c4ccc(-c5ccccc5)cc4)cs3)c(Cl)nc2c1. The molecule has 0 fully saturated rings. The highest BCUT2D eigenvalue weighted by molar-refractivity contribution is 7.11. The van der Waals surface area contributed by atoms with Gasteiger partial charge < -0.3 is 0 Å². The quantitative estimate of drug-likeness (QED) is 0.200. The number of pyridine rings is 1. The van der Waals surface area contributed by atoms with E-state index in [1.54, 1.807) is 6.08 Å². The van der Waals surface area contributed by atoms with Gasteiger partial charge in [-0.25, -0.2) is 9.97 Å². The van der Waals surface area contributed by atoms with E-state index in [4.69, 9.17) is 16.6 Å². The van der Waals surface area contributed by atoms with E-state index in [1.807, 2.05) is 54.8 Å². The zero-order valence-electron chi connectivity index (χ0n) is 17.8. The van der Waals surface area contributed by atoms with Crippen LogP contribution < -0.4 is 0 Å². The monoisotopic (exact) mass is 463 g/mol. The average Bonchev–Trinajstić information content (AvgIpc) is 3.33. The van der Waals surface area contributed by atoms with Crippen molar-refractivity contribution in [2.75, 3.05) is 0 Å². The van der Waals surface area contributed by atoms with Crippen molar-refractivity contribution in [2.24, 2.45) is 0 Å². The van der Waals surface area contributed by atoms with Gasteiger partial charge in [-0.2, -0.15) is 5.26 Å². The number of aryl methyl sites for hydroxylation is 1. The lowest BCUT2D eigenvalue weighted by Gasteiger charge is -2.04. The Kier molecular flexibility index (Phi) is 5.75.